The number of anilines is 6. The number of carbonyl (C=O) groups is 2. The van der Waals surface area contributed by atoms with Crippen LogP contribution in [0.3, 0.4) is 0 Å². The van der Waals surface area contributed by atoms with Crippen LogP contribution in [-0.4, -0.2) is 52.6 Å². The van der Waals surface area contributed by atoms with Gasteiger partial charge in [0, 0.05) is 48.0 Å². The number of ether oxygens (including phenoxy) is 5. The molecule has 0 bridgehead atoms. The quantitative estimate of drug-likeness (QED) is 0.0549. The first-order chi connectivity index (χ1) is 31.8. The number of hydrogen-bond donors (Lipinski definition) is 0. The lowest BCUT2D eigenvalue weighted by atomic mass is 10.00. The van der Waals surface area contributed by atoms with E-state index in [-0.39, 0.29) is 25.2 Å². The van der Waals surface area contributed by atoms with E-state index in [1.54, 1.807) is 14.2 Å². The molecule has 0 heterocycles. The molecule has 0 aromatic heterocycles. The van der Waals surface area contributed by atoms with E-state index in [9.17, 15) is 9.59 Å². The molecule has 0 radical (unpaired) electrons. The summed E-state index contributed by atoms with van der Waals surface area (Å²) in [6.45, 7) is 3.77. The largest absolute Gasteiger partial charge is 0.497 e. The van der Waals surface area contributed by atoms with Gasteiger partial charge in [-0.3, -0.25) is 9.59 Å². The molecule has 0 saturated carbocycles. The van der Waals surface area contributed by atoms with Crippen molar-refractivity contribution in [3.63, 3.8) is 0 Å². The second-order valence-corrected chi connectivity index (χ2v) is 15.2. The molecule has 7 aromatic rings. The highest BCUT2D eigenvalue weighted by atomic mass is 16.6. The van der Waals surface area contributed by atoms with Gasteiger partial charge in [-0.2, -0.15) is 0 Å². The van der Waals surface area contributed by atoms with Crippen LogP contribution >= 0.6 is 0 Å². The summed E-state index contributed by atoms with van der Waals surface area (Å²) in [5.74, 6) is 1.04. The maximum absolute atomic E-state index is 10.3. The van der Waals surface area contributed by atoms with E-state index in [1.807, 2.05) is 24.3 Å². The van der Waals surface area contributed by atoms with Gasteiger partial charge in [-0.15, -0.1) is 0 Å². The van der Waals surface area contributed by atoms with E-state index in [4.69, 9.17) is 14.2 Å². The molecule has 0 spiro atoms. The Hall–Kier alpha value is -7.36. The van der Waals surface area contributed by atoms with E-state index in [2.05, 4.69) is 177 Å². The predicted molar refractivity (Wildman–Crippen MR) is 261 cm³/mol. The molecule has 0 unspecified atom stereocenters. The first-order valence-corrected chi connectivity index (χ1v) is 21.9. The van der Waals surface area contributed by atoms with Crippen molar-refractivity contribution in [3.05, 3.63) is 204 Å². The van der Waals surface area contributed by atoms with Crippen LogP contribution in [-0.2, 0) is 49.5 Å². The van der Waals surface area contributed by atoms with E-state index >= 15 is 0 Å². The Morgan fingerprint density at radius 2 is 0.615 bits per heavy atom. The molecular formula is C56H58N2O7. The summed E-state index contributed by atoms with van der Waals surface area (Å²) in [6.07, 6.45) is 4.01. The highest BCUT2D eigenvalue weighted by Crippen LogP contribution is 2.37. The van der Waals surface area contributed by atoms with Gasteiger partial charge in [0.25, 0.3) is 0 Å². The maximum Gasteiger partial charge on any atom is 0.302 e. The van der Waals surface area contributed by atoms with E-state index in [0.717, 1.165) is 71.3 Å². The minimum absolute atomic E-state index is 0.232. The van der Waals surface area contributed by atoms with Crippen LogP contribution in [0.1, 0.15) is 36.1 Å². The van der Waals surface area contributed by atoms with Crippen molar-refractivity contribution in [1.29, 1.82) is 0 Å². The van der Waals surface area contributed by atoms with E-state index in [0.29, 0.717) is 13.2 Å². The third-order valence-electron chi connectivity index (χ3n) is 10.6. The molecule has 7 aromatic carbocycles. The molecule has 7 rings (SSSR count). The number of aryl methyl sites for hydroxylation is 4. The Labute approximate surface area is 383 Å². The van der Waals surface area contributed by atoms with Crippen LogP contribution in [0.25, 0.3) is 0 Å². The molecule has 0 aliphatic heterocycles. The molecule has 0 saturated heterocycles. The van der Waals surface area contributed by atoms with Crippen LogP contribution in [0.5, 0.6) is 11.5 Å². The van der Waals surface area contributed by atoms with Gasteiger partial charge in [0.15, 0.2) is 0 Å². The Bertz CT molecular complexity index is 2280. The van der Waals surface area contributed by atoms with Crippen LogP contribution in [0.2, 0.25) is 0 Å². The molecule has 0 aliphatic rings. The maximum atomic E-state index is 10.3. The van der Waals surface area contributed by atoms with Crippen molar-refractivity contribution in [2.24, 2.45) is 0 Å². The summed E-state index contributed by atoms with van der Waals surface area (Å²) in [5, 5.41) is 0. The first-order valence-electron chi connectivity index (χ1n) is 21.9. The fourth-order valence-corrected chi connectivity index (χ4v) is 7.18. The summed E-state index contributed by atoms with van der Waals surface area (Å²) in [5.41, 5.74) is 12.1. The van der Waals surface area contributed by atoms with Crippen molar-refractivity contribution in [2.75, 3.05) is 50.4 Å². The second kappa shape index (κ2) is 25.1. The lowest BCUT2D eigenvalue weighted by molar-refractivity contribution is -0.143. The standard InChI is InChI=1S/C48H44N2O2.C8H14O5/c1-51-47-33-29-45(30-34-47)49(41-9-5-3-6-10-41)43-25-21-39(22-26-43)19-17-37-13-15-38(16-14-37)18-20-40-23-27-44(28-24-40)50(42-11-7-4-8-12-42)46-31-35-48(52-2)36-32-46;1-7(9)12-5-3-11-4-6-13-8(2)10/h3-16,21-36H,17-20H2,1-2H3;3-6H2,1-2H3. The van der Waals surface area contributed by atoms with Crippen molar-refractivity contribution in [2.45, 2.75) is 39.5 Å². The molecule has 0 aliphatic carbocycles. The molecule has 0 amide bonds. The molecule has 9 heteroatoms. The Balaban J connectivity index is 0.000000469. The van der Waals surface area contributed by atoms with Crippen LogP contribution in [0, 0.1) is 0 Å². The number of methoxy groups -OCH3 is 2. The monoisotopic (exact) mass is 870 g/mol. The summed E-state index contributed by atoms with van der Waals surface area (Å²) >= 11 is 0. The zero-order chi connectivity index (χ0) is 45.6. The topological polar surface area (TPSA) is 86.8 Å². The van der Waals surface area contributed by atoms with Crippen molar-refractivity contribution < 1.29 is 33.3 Å². The fourth-order valence-electron chi connectivity index (χ4n) is 7.18. The molecule has 9 nitrogen and oxygen atoms in total. The third kappa shape index (κ3) is 14.9. The predicted octanol–water partition coefficient (Wildman–Crippen LogP) is 12.3. The summed E-state index contributed by atoms with van der Waals surface area (Å²) in [6, 6.07) is 64.5. The average molecular weight is 871 g/mol. The molecule has 0 atom stereocenters. The highest BCUT2D eigenvalue weighted by Gasteiger charge is 2.14. The van der Waals surface area contributed by atoms with Gasteiger partial charge in [0.05, 0.1) is 27.4 Å². The number of benzene rings is 7. The van der Waals surface area contributed by atoms with Gasteiger partial charge in [0.1, 0.15) is 24.7 Å². The Kier molecular flexibility index (Phi) is 18.2. The SMILES string of the molecule is CC(=O)OCCOCCOC(C)=O.COc1ccc(N(c2ccccc2)c2ccc(CCc3ccc(CCc4ccc(N(c5ccccc5)c5ccc(OC)cc5)cc4)cc3)cc2)cc1. The third-order valence-corrected chi connectivity index (χ3v) is 10.6. The van der Waals surface area contributed by atoms with Gasteiger partial charge in [-0.25, -0.2) is 0 Å². The van der Waals surface area contributed by atoms with E-state index < -0.39 is 0 Å². The summed E-state index contributed by atoms with van der Waals surface area (Å²) in [4.78, 5) is 25.1. The zero-order valence-corrected chi connectivity index (χ0v) is 37.7. The molecule has 0 fully saturated rings. The zero-order valence-electron chi connectivity index (χ0n) is 37.7. The van der Waals surface area contributed by atoms with Crippen molar-refractivity contribution in [1.82, 2.24) is 0 Å². The van der Waals surface area contributed by atoms with Crippen LogP contribution in [0.4, 0.5) is 34.1 Å². The number of hydrogen-bond acceptors (Lipinski definition) is 9. The van der Waals surface area contributed by atoms with Gasteiger partial charge < -0.3 is 33.5 Å². The van der Waals surface area contributed by atoms with Crippen molar-refractivity contribution in [3.8, 4) is 11.5 Å². The molecule has 334 valence electrons. The second-order valence-electron chi connectivity index (χ2n) is 15.2. The smallest absolute Gasteiger partial charge is 0.302 e. The molecule has 0 N–H and O–H groups in total. The van der Waals surface area contributed by atoms with Crippen LogP contribution < -0.4 is 19.3 Å². The van der Waals surface area contributed by atoms with Gasteiger partial charge in [0.2, 0.25) is 0 Å². The fraction of sp³-hybridized carbons (Fsp3) is 0.214. The number of para-hydroxylation sites is 2. The number of carbonyl (C=O) groups excluding carboxylic acids is 2. The summed E-state index contributed by atoms with van der Waals surface area (Å²) < 4.78 is 25.0. The Morgan fingerprint density at radius 1 is 0.354 bits per heavy atom. The van der Waals surface area contributed by atoms with Crippen LogP contribution in [0.15, 0.2) is 182 Å². The first kappa shape index (κ1) is 47.1. The highest BCUT2D eigenvalue weighted by molar-refractivity contribution is 5.78. The lowest BCUT2D eigenvalue weighted by Crippen LogP contribution is -2.12. The minimum Gasteiger partial charge on any atom is -0.497 e. The van der Waals surface area contributed by atoms with Gasteiger partial charge in [-0.1, -0.05) is 84.9 Å². The van der Waals surface area contributed by atoms with E-state index in [1.165, 1.54) is 36.1 Å². The number of esters is 2. The Morgan fingerprint density at radius 3 is 0.892 bits per heavy atom. The lowest BCUT2D eigenvalue weighted by Gasteiger charge is -2.25. The minimum atomic E-state index is -0.330. The van der Waals surface area contributed by atoms with Gasteiger partial charge in [-0.05, 0) is 145 Å². The number of nitrogens with zero attached hydrogens (tertiary/aromatic N) is 2. The van der Waals surface area contributed by atoms with Crippen molar-refractivity contribution >= 4 is 46.1 Å². The molecular weight excluding hydrogens is 813 g/mol. The molecule has 65 heavy (non-hydrogen) atoms. The average Bonchev–Trinajstić information content (AvgIpc) is 3.35. The normalized spacial score (nSPS) is 10.5. The number of rotatable bonds is 20. The summed E-state index contributed by atoms with van der Waals surface area (Å²) in [7, 11) is 3.40. The van der Waals surface area contributed by atoms with Gasteiger partial charge >= 0.3 is 11.9 Å².